The van der Waals surface area contributed by atoms with Gasteiger partial charge in [-0.05, 0) is 24.4 Å². The van der Waals surface area contributed by atoms with Crippen LogP contribution in [0, 0.1) is 11.3 Å². The van der Waals surface area contributed by atoms with Crippen LogP contribution in [0.4, 0.5) is 0 Å². The van der Waals surface area contributed by atoms with Crippen LogP contribution >= 0.6 is 11.3 Å². The van der Waals surface area contributed by atoms with Gasteiger partial charge in [-0.25, -0.2) is 0 Å². The number of thiophene rings is 1. The van der Waals surface area contributed by atoms with Crippen LogP contribution in [0.2, 0.25) is 0 Å². The lowest BCUT2D eigenvalue weighted by atomic mass is 9.83. The van der Waals surface area contributed by atoms with Crippen molar-refractivity contribution in [1.29, 1.82) is 5.26 Å². The van der Waals surface area contributed by atoms with Crippen molar-refractivity contribution < 1.29 is 14.2 Å². The average molecular weight is 394 g/mol. The summed E-state index contributed by atoms with van der Waals surface area (Å²) in [6.07, 6.45) is 0. The number of allylic oxidation sites excluding steroid dienone is 1. The lowest BCUT2D eigenvalue weighted by Crippen LogP contribution is -2.21. The third kappa shape index (κ3) is 2.77. The fourth-order valence-electron chi connectivity index (χ4n) is 3.38. The van der Waals surface area contributed by atoms with Gasteiger partial charge in [0.1, 0.15) is 11.6 Å². The zero-order valence-corrected chi connectivity index (χ0v) is 16.2. The highest BCUT2D eigenvalue weighted by molar-refractivity contribution is 7.13. The standard InChI is InChI=1S/C20H18N4O3S/c1-3-26-18-11(6-4-7-13(18)25-2)15-12(10-21)19(22)27-20-16(15)17(23-24-20)14-8-5-9-28-14/h4-9,15H,3,22H2,1-2H3,(H,23,24). The van der Waals surface area contributed by atoms with Crippen molar-refractivity contribution in [3.63, 3.8) is 0 Å². The summed E-state index contributed by atoms with van der Waals surface area (Å²) < 4.78 is 17.0. The summed E-state index contributed by atoms with van der Waals surface area (Å²) in [6, 6.07) is 11.7. The number of methoxy groups -OCH3 is 1. The summed E-state index contributed by atoms with van der Waals surface area (Å²) in [5, 5.41) is 19.2. The molecule has 1 atom stereocenters. The summed E-state index contributed by atoms with van der Waals surface area (Å²) >= 11 is 1.57. The minimum atomic E-state index is -0.499. The Hall–Kier alpha value is -3.44. The number of nitrogens with one attached hydrogen (secondary N) is 1. The summed E-state index contributed by atoms with van der Waals surface area (Å²) in [4.78, 5) is 0.987. The third-order valence-corrected chi connectivity index (χ3v) is 5.42. The van der Waals surface area contributed by atoms with Crippen molar-refractivity contribution in [2.24, 2.45) is 5.73 Å². The molecule has 0 amide bonds. The first-order valence-corrected chi connectivity index (χ1v) is 9.56. The van der Waals surface area contributed by atoms with E-state index in [1.165, 1.54) is 0 Å². The van der Waals surface area contributed by atoms with Crippen molar-refractivity contribution in [3.8, 4) is 34.0 Å². The van der Waals surface area contributed by atoms with E-state index in [2.05, 4.69) is 16.3 Å². The number of fused-ring (bicyclic) bond motifs is 1. The van der Waals surface area contributed by atoms with Crippen LogP contribution in [-0.2, 0) is 0 Å². The molecule has 0 aliphatic carbocycles. The minimum absolute atomic E-state index is 0.0366. The molecular formula is C20H18N4O3S. The summed E-state index contributed by atoms with van der Waals surface area (Å²) in [5.41, 5.74) is 8.68. The van der Waals surface area contributed by atoms with Crippen LogP contribution in [0.3, 0.4) is 0 Å². The number of benzene rings is 1. The second-order valence-electron chi connectivity index (χ2n) is 6.03. The second kappa shape index (κ2) is 7.29. The Morgan fingerprint density at radius 1 is 1.36 bits per heavy atom. The van der Waals surface area contributed by atoms with E-state index in [1.54, 1.807) is 18.4 Å². The Labute approximate surface area is 166 Å². The van der Waals surface area contributed by atoms with Crippen molar-refractivity contribution in [3.05, 3.63) is 58.3 Å². The smallest absolute Gasteiger partial charge is 0.244 e. The monoisotopic (exact) mass is 394 g/mol. The molecule has 0 spiro atoms. The molecule has 7 nitrogen and oxygen atoms in total. The number of nitrogens with zero attached hydrogens (tertiary/aromatic N) is 2. The van der Waals surface area contributed by atoms with Crippen molar-refractivity contribution in [1.82, 2.24) is 10.2 Å². The van der Waals surface area contributed by atoms with Gasteiger partial charge < -0.3 is 19.9 Å². The van der Waals surface area contributed by atoms with E-state index < -0.39 is 5.92 Å². The van der Waals surface area contributed by atoms with Gasteiger partial charge in [-0.2, -0.15) is 5.26 Å². The van der Waals surface area contributed by atoms with E-state index >= 15 is 0 Å². The van der Waals surface area contributed by atoms with Crippen LogP contribution in [0.5, 0.6) is 17.4 Å². The molecular weight excluding hydrogens is 376 g/mol. The van der Waals surface area contributed by atoms with E-state index in [0.717, 1.165) is 21.7 Å². The quantitative estimate of drug-likeness (QED) is 0.682. The van der Waals surface area contributed by atoms with Gasteiger partial charge in [-0.3, -0.25) is 5.10 Å². The van der Waals surface area contributed by atoms with Crippen molar-refractivity contribution >= 4 is 11.3 Å². The first kappa shape index (κ1) is 17.9. The zero-order valence-electron chi connectivity index (χ0n) is 15.4. The van der Waals surface area contributed by atoms with Crippen LogP contribution in [0.1, 0.15) is 24.0 Å². The normalized spacial score (nSPS) is 15.5. The number of nitrogens with two attached hydrogens (primary N) is 1. The Kier molecular flexibility index (Phi) is 4.67. The van der Waals surface area contributed by atoms with Crippen molar-refractivity contribution in [2.75, 3.05) is 13.7 Å². The molecule has 0 saturated heterocycles. The number of aromatic amines is 1. The Morgan fingerprint density at radius 2 is 2.21 bits per heavy atom. The molecule has 1 aromatic carbocycles. The molecule has 28 heavy (non-hydrogen) atoms. The van der Waals surface area contributed by atoms with Crippen LogP contribution in [0.15, 0.2) is 47.2 Å². The lowest BCUT2D eigenvalue weighted by molar-refractivity contribution is 0.306. The molecule has 0 radical (unpaired) electrons. The van der Waals surface area contributed by atoms with Gasteiger partial charge in [0.25, 0.3) is 0 Å². The second-order valence-corrected chi connectivity index (χ2v) is 6.98. The summed E-state index contributed by atoms with van der Waals surface area (Å²) in [5.74, 6) is 1.06. The summed E-state index contributed by atoms with van der Waals surface area (Å²) in [7, 11) is 1.58. The number of hydrogen-bond acceptors (Lipinski definition) is 7. The van der Waals surface area contributed by atoms with Gasteiger partial charge >= 0.3 is 0 Å². The van der Waals surface area contributed by atoms with Gasteiger partial charge in [0, 0.05) is 5.56 Å². The molecule has 8 heteroatoms. The first-order chi connectivity index (χ1) is 13.7. The Balaban J connectivity index is 1.99. The molecule has 4 rings (SSSR count). The average Bonchev–Trinajstić information content (AvgIpc) is 3.37. The van der Waals surface area contributed by atoms with Crippen LogP contribution in [-0.4, -0.2) is 23.9 Å². The molecule has 1 unspecified atom stereocenters. The molecule has 3 heterocycles. The van der Waals surface area contributed by atoms with Crippen LogP contribution in [0.25, 0.3) is 10.6 Å². The van der Waals surface area contributed by atoms with Gasteiger partial charge in [0.2, 0.25) is 11.8 Å². The highest BCUT2D eigenvalue weighted by atomic mass is 32.1. The largest absolute Gasteiger partial charge is 0.493 e. The van der Waals surface area contributed by atoms with Gasteiger partial charge in [-0.1, -0.05) is 18.2 Å². The number of hydrogen-bond donors (Lipinski definition) is 2. The van der Waals surface area contributed by atoms with E-state index in [-0.39, 0.29) is 5.88 Å². The maximum Gasteiger partial charge on any atom is 0.244 e. The minimum Gasteiger partial charge on any atom is -0.493 e. The molecule has 0 bridgehead atoms. The Bertz CT molecular complexity index is 1080. The third-order valence-electron chi connectivity index (χ3n) is 4.54. The molecule has 3 aromatic rings. The topological polar surface area (TPSA) is 106 Å². The molecule has 2 aromatic heterocycles. The SMILES string of the molecule is CCOc1c(OC)cccc1C1C(C#N)=C(N)Oc2n[nH]c(-c3cccs3)c21. The molecule has 1 aliphatic heterocycles. The molecule has 1 aliphatic rings. The van der Waals surface area contributed by atoms with E-state index in [0.29, 0.717) is 29.6 Å². The number of nitriles is 1. The predicted octanol–water partition coefficient (Wildman–Crippen LogP) is 3.76. The maximum atomic E-state index is 9.86. The molecule has 142 valence electrons. The van der Waals surface area contributed by atoms with Gasteiger partial charge in [0.05, 0.1) is 35.8 Å². The van der Waals surface area contributed by atoms with Gasteiger partial charge in [0.15, 0.2) is 11.5 Å². The number of aromatic nitrogens is 2. The molecule has 3 N–H and O–H groups in total. The zero-order chi connectivity index (χ0) is 19.7. The maximum absolute atomic E-state index is 9.86. The highest BCUT2D eigenvalue weighted by Crippen LogP contribution is 2.50. The summed E-state index contributed by atoms with van der Waals surface area (Å²) in [6.45, 7) is 2.35. The first-order valence-electron chi connectivity index (χ1n) is 8.69. The number of ether oxygens (including phenoxy) is 3. The van der Waals surface area contributed by atoms with Gasteiger partial charge in [-0.15, -0.1) is 16.4 Å². The number of H-pyrrole nitrogens is 1. The highest BCUT2D eigenvalue weighted by Gasteiger charge is 2.37. The number of rotatable bonds is 5. The number of para-hydroxylation sites is 1. The van der Waals surface area contributed by atoms with E-state index in [4.69, 9.17) is 19.9 Å². The predicted molar refractivity (Wildman–Crippen MR) is 105 cm³/mol. The lowest BCUT2D eigenvalue weighted by Gasteiger charge is -2.26. The fraction of sp³-hybridized carbons (Fsp3) is 0.200. The molecule has 0 saturated carbocycles. The van der Waals surface area contributed by atoms with Crippen molar-refractivity contribution in [2.45, 2.75) is 12.8 Å². The van der Waals surface area contributed by atoms with E-state index in [1.807, 2.05) is 42.6 Å². The van der Waals surface area contributed by atoms with Crippen LogP contribution < -0.4 is 19.9 Å². The fourth-order valence-corrected chi connectivity index (χ4v) is 4.12. The Morgan fingerprint density at radius 3 is 2.89 bits per heavy atom. The molecule has 0 fully saturated rings. The van der Waals surface area contributed by atoms with E-state index in [9.17, 15) is 5.26 Å².